The van der Waals surface area contributed by atoms with Crippen molar-refractivity contribution < 1.29 is 10.0 Å². The summed E-state index contributed by atoms with van der Waals surface area (Å²) >= 11 is 0. The zero-order valence-corrected chi connectivity index (χ0v) is 11.3. The third kappa shape index (κ3) is 2.85. The van der Waals surface area contributed by atoms with Crippen molar-refractivity contribution in [3.63, 3.8) is 0 Å². The lowest BCUT2D eigenvalue weighted by atomic mass is 9.86. The van der Waals surface area contributed by atoms with Crippen LogP contribution in [0, 0.1) is 0 Å². The van der Waals surface area contributed by atoms with E-state index in [0.29, 0.717) is 12.8 Å². The van der Waals surface area contributed by atoms with Gasteiger partial charge in [-0.2, -0.15) is 0 Å². The molecule has 0 spiro atoms. The summed E-state index contributed by atoms with van der Waals surface area (Å²) in [4.78, 5) is 22.1. The molecule has 1 saturated heterocycles. The molecule has 0 unspecified atom stereocenters. The highest BCUT2D eigenvalue weighted by Gasteiger charge is 2.39. The summed E-state index contributed by atoms with van der Waals surface area (Å²) in [5.74, 6) is -0.364. The Morgan fingerprint density at radius 2 is 2.20 bits per heavy atom. The number of aromatic nitrogens is 2. The molecular weight excluding hydrogens is 260 g/mol. The third-order valence-electron chi connectivity index (χ3n) is 3.59. The molecule has 4 N–H and O–H groups in total. The molecule has 1 aromatic rings. The predicted octanol–water partition coefficient (Wildman–Crippen LogP) is -0.583. The minimum absolute atomic E-state index is 0.0165. The Morgan fingerprint density at radius 3 is 2.75 bits per heavy atom. The maximum atomic E-state index is 12.2. The van der Waals surface area contributed by atoms with Crippen molar-refractivity contribution in [2.45, 2.75) is 18.4 Å². The van der Waals surface area contributed by atoms with Gasteiger partial charge in [-0.1, -0.05) is 5.16 Å². The first-order chi connectivity index (χ1) is 9.57. The first kappa shape index (κ1) is 14.2. The summed E-state index contributed by atoms with van der Waals surface area (Å²) in [6.45, 7) is 1.49. The number of hydrogen-bond donors (Lipinski definition) is 3. The monoisotopic (exact) mass is 278 g/mol. The SMILES string of the molecule is CN1CCC(NC(=O)c2cnccn2)(C(N)=NO)CC1. The molecule has 20 heavy (non-hydrogen) atoms. The van der Waals surface area contributed by atoms with E-state index < -0.39 is 5.54 Å². The van der Waals surface area contributed by atoms with Crippen molar-refractivity contribution in [1.29, 1.82) is 0 Å². The van der Waals surface area contributed by atoms with Crippen molar-refractivity contribution in [2.75, 3.05) is 20.1 Å². The van der Waals surface area contributed by atoms with Crippen LogP contribution in [-0.2, 0) is 0 Å². The fraction of sp³-hybridized carbons (Fsp3) is 0.500. The van der Waals surface area contributed by atoms with Crippen LogP contribution in [0.15, 0.2) is 23.7 Å². The van der Waals surface area contributed by atoms with Gasteiger partial charge in [0.05, 0.1) is 6.20 Å². The lowest BCUT2D eigenvalue weighted by molar-refractivity contribution is 0.0881. The van der Waals surface area contributed by atoms with E-state index in [4.69, 9.17) is 10.9 Å². The number of likely N-dealkylation sites (tertiary alicyclic amines) is 1. The standard InChI is InChI=1S/C12H18N6O2/c1-18-6-2-12(3-7-18,11(13)17-20)16-10(19)9-8-14-4-5-15-9/h4-5,8,20H,2-3,6-7H2,1H3,(H2,13,17)(H,16,19). The molecule has 2 rings (SSSR count). The third-order valence-corrected chi connectivity index (χ3v) is 3.59. The molecule has 1 aliphatic heterocycles. The lowest BCUT2D eigenvalue weighted by Crippen LogP contribution is -2.62. The van der Waals surface area contributed by atoms with Gasteiger partial charge in [-0.3, -0.25) is 9.78 Å². The quantitative estimate of drug-likeness (QED) is 0.295. The molecule has 1 fully saturated rings. The lowest BCUT2D eigenvalue weighted by Gasteiger charge is -2.40. The van der Waals surface area contributed by atoms with Gasteiger partial charge in [0.15, 0.2) is 5.84 Å². The van der Waals surface area contributed by atoms with Gasteiger partial charge in [0.2, 0.25) is 0 Å². The van der Waals surface area contributed by atoms with Crippen LogP contribution >= 0.6 is 0 Å². The summed E-state index contributed by atoms with van der Waals surface area (Å²) in [5, 5.41) is 14.9. The van der Waals surface area contributed by atoms with E-state index in [1.54, 1.807) is 0 Å². The summed E-state index contributed by atoms with van der Waals surface area (Å²) < 4.78 is 0. The summed E-state index contributed by atoms with van der Waals surface area (Å²) in [6.07, 6.45) is 5.46. The van der Waals surface area contributed by atoms with Crippen molar-refractivity contribution in [3.05, 3.63) is 24.3 Å². The van der Waals surface area contributed by atoms with Crippen LogP contribution < -0.4 is 11.1 Å². The van der Waals surface area contributed by atoms with Gasteiger partial charge in [0, 0.05) is 25.5 Å². The van der Waals surface area contributed by atoms with Crippen LogP contribution in [-0.4, -0.2) is 57.5 Å². The Kier molecular flexibility index (Phi) is 4.14. The van der Waals surface area contributed by atoms with Gasteiger partial charge in [-0.15, -0.1) is 0 Å². The number of nitrogens with zero attached hydrogens (tertiary/aromatic N) is 4. The number of carbonyl (C=O) groups excluding carboxylic acids is 1. The Morgan fingerprint density at radius 1 is 1.50 bits per heavy atom. The maximum Gasteiger partial charge on any atom is 0.272 e. The Bertz CT molecular complexity index is 496. The van der Waals surface area contributed by atoms with Crippen molar-refractivity contribution in [3.8, 4) is 0 Å². The zero-order valence-electron chi connectivity index (χ0n) is 11.3. The molecule has 0 radical (unpaired) electrons. The van der Waals surface area contributed by atoms with E-state index in [9.17, 15) is 4.79 Å². The molecule has 0 saturated carbocycles. The van der Waals surface area contributed by atoms with E-state index in [1.807, 2.05) is 7.05 Å². The second-order valence-corrected chi connectivity index (χ2v) is 4.92. The topological polar surface area (TPSA) is 117 Å². The molecule has 8 heteroatoms. The Hall–Kier alpha value is -2.22. The van der Waals surface area contributed by atoms with Crippen LogP contribution in [0.25, 0.3) is 0 Å². The highest BCUT2D eigenvalue weighted by Crippen LogP contribution is 2.22. The highest BCUT2D eigenvalue weighted by atomic mass is 16.4. The van der Waals surface area contributed by atoms with Gasteiger partial charge in [-0.05, 0) is 19.9 Å². The molecule has 0 atom stereocenters. The second kappa shape index (κ2) is 5.83. The number of amides is 1. The number of nitrogens with one attached hydrogen (secondary N) is 1. The van der Waals surface area contributed by atoms with Crippen LogP contribution in [0.5, 0.6) is 0 Å². The maximum absolute atomic E-state index is 12.2. The fourth-order valence-electron chi connectivity index (χ4n) is 2.24. The molecule has 1 aliphatic rings. The molecule has 1 amide bonds. The number of piperidine rings is 1. The van der Waals surface area contributed by atoms with Gasteiger partial charge in [0.1, 0.15) is 11.2 Å². The molecule has 2 heterocycles. The van der Waals surface area contributed by atoms with Gasteiger partial charge >= 0.3 is 0 Å². The Balaban J connectivity index is 2.19. The van der Waals surface area contributed by atoms with E-state index in [2.05, 4.69) is 25.3 Å². The molecule has 8 nitrogen and oxygen atoms in total. The van der Waals surface area contributed by atoms with E-state index in [-0.39, 0.29) is 17.4 Å². The normalized spacial score (nSPS) is 19.6. The van der Waals surface area contributed by atoms with E-state index in [1.165, 1.54) is 18.6 Å². The largest absolute Gasteiger partial charge is 0.409 e. The number of hydrogen-bond acceptors (Lipinski definition) is 6. The molecular formula is C12H18N6O2. The molecule has 108 valence electrons. The average molecular weight is 278 g/mol. The number of amidine groups is 1. The second-order valence-electron chi connectivity index (χ2n) is 4.92. The number of rotatable bonds is 3. The number of oxime groups is 1. The smallest absolute Gasteiger partial charge is 0.272 e. The first-order valence-corrected chi connectivity index (χ1v) is 6.32. The van der Waals surface area contributed by atoms with Gasteiger partial charge in [0.25, 0.3) is 5.91 Å². The average Bonchev–Trinajstić information content (AvgIpc) is 2.49. The van der Waals surface area contributed by atoms with Crippen LogP contribution in [0.4, 0.5) is 0 Å². The van der Waals surface area contributed by atoms with Crippen molar-refractivity contribution in [2.24, 2.45) is 10.9 Å². The minimum atomic E-state index is -0.837. The van der Waals surface area contributed by atoms with Crippen LogP contribution in [0.3, 0.4) is 0 Å². The van der Waals surface area contributed by atoms with Crippen molar-refractivity contribution in [1.82, 2.24) is 20.2 Å². The number of carbonyl (C=O) groups is 1. The van der Waals surface area contributed by atoms with Crippen molar-refractivity contribution >= 4 is 11.7 Å². The first-order valence-electron chi connectivity index (χ1n) is 6.32. The molecule has 0 bridgehead atoms. The molecule has 0 aromatic carbocycles. The summed E-state index contributed by atoms with van der Waals surface area (Å²) in [5.41, 5.74) is 5.15. The van der Waals surface area contributed by atoms with E-state index in [0.717, 1.165) is 13.1 Å². The van der Waals surface area contributed by atoms with Gasteiger partial charge < -0.3 is 21.2 Å². The fourth-order valence-corrected chi connectivity index (χ4v) is 2.24. The minimum Gasteiger partial charge on any atom is -0.409 e. The van der Waals surface area contributed by atoms with E-state index >= 15 is 0 Å². The van der Waals surface area contributed by atoms with Gasteiger partial charge in [-0.25, -0.2) is 4.98 Å². The summed E-state index contributed by atoms with van der Waals surface area (Å²) in [6, 6.07) is 0. The predicted molar refractivity (Wildman–Crippen MR) is 72.4 cm³/mol. The number of nitrogens with two attached hydrogens (primary N) is 1. The van der Waals surface area contributed by atoms with Crippen LogP contribution in [0.2, 0.25) is 0 Å². The zero-order chi connectivity index (χ0) is 14.6. The molecule has 1 aromatic heterocycles. The summed E-state index contributed by atoms with van der Waals surface area (Å²) in [7, 11) is 1.99. The van der Waals surface area contributed by atoms with Crippen LogP contribution in [0.1, 0.15) is 23.3 Å². The highest BCUT2D eigenvalue weighted by molar-refractivity contribution is 5.99. The Labute approximate surface area is 116 Å². The molecule has 0 aliphatic carbocycles.